The molecule has 0 spiro atoms. The van der Waals surface area contributed by atoms with Crippen molar-refractivity contribution in [3.8, 4) is 5.69 Å². The summed E-state index contributed by atoms with van der Waals surface area (Å²) in [4.78, 5) is 3.92. The molecular formula is C11H11N7O. The van der Waals surface area contributed by atoms with Crippen LogP contribution in [0.4, 0.5) is 0 Å². The Morgan fingerprint density at radius 2 is 2.05 bits per heavy atom. The van der Waals surface area contributed by atoms with Crippen molar-refractivity contribution in [3.63, 3.8) is 0 Å². The van der Waals surface area contributed by atoms with Crippen LogP contribution in [0.1, 0.15) is 11.6 Å². The summed E-state index contributed by atoms with van der Waals surface area (Å²) >= 11 is 0. The van der Waals surface area contributed by atoms with Gasteiger partial charge in [-0.1, -0.05) is 23.4 Å². The lowest BCUT2D eigenvalue weighted by Crippen LogP contribution is -2.17. The molecule has 3 rings (SSSR count). The third kappa shape index (κ3) is 2.63. The second-order valence-corrected chi connectivity index (χ2v) is 3.79. The molecule has 8 nitrogen and oxygen atoms in total. The fourth-order valence-electron chi connectivity index (χ4n) is 1.64. The van der Waals surface area contributed by atoms with Gasteiger partial charge < -0.3 is 9.84 Å². The lowest BCUT2D eigenvalue weighted by molar-refractivity contribution is 0.407. The number of para-hydroxylation sites is 1. The normalized spacial score (nSPS) is 10.7. The third-order valence-electron chi connectivity index (χ3n) is 2.51. The smallest absolute Gasteiger partial charge is 0.213 e. The zero-order chi connectivity index (χ0) is 12.9. The Hall–Kier alpha value is -2.61. The Morgan fingerprint density at radius 1 is 1.16 bits per heavy atom. The van der Waals surface area contributed by atoms with Crippen LogP contribution in [0.15, 0.2) is 41.2 Å². The first-order valence-corrected chi connectivity index (χ1v) is 5.72. The minimum Gasteiger partial charge on any atom is -0.343 e. The molecule has 1 N–H and O–H groups in total. The van der Waals surface area contributed by atoms with Crippen molar-refractivity contribution in [3.05, 3.63) is 48.4 Å². The van der Waals surface area contributed by atoms with E-state index in [1.54, 1.807) is 4.68 Å². The van der Waals surface area contributed by atoms with E-state index in [4.69, 9.17) is 0 Å². The second kappa shape index (κ2) is 5.36. The van der Waals surface area contributed by atoms with Gasteiger partial charge in [0.25, 0.3) is 0 Å². The quantitative estimate of drug-likeness (QED) is 0.704. The fourth-order valence-corrected chi connectivity index (χ4v) is 1.64. The Kier molecular flexibility index (Phi) is 3.24. The Bertz CT molecular complexity index is 620. The van der Waals surface area contributed by atoms with Crippen LogP contribution in [0.2, 0.25) is 0 Å². The molecule has 0 fully saturated rings. The summed E-state index contributed by atoms with van der Waals surface area (Å²) in [7, 11) is 0. The van der Waals surface area contributed by atoms with E-state index in [1.165, 1.54) is 6.39 Å². The maximum atomic E-state index is 4.65. The van der Waals surface area contributed by atoms with Crippen LogP contribution in [0.3, 0.4) is 0 Å². The Balaban J connectivity index is 1.67. The first-order chi connectivity index (χ1) is 9.43. The van der Waals surface area contributed by atoms with Gasteiger partial charge in [-0.3, -0.25) is 0 Å². The summed E-state index contributed by atoms with van der Waals surface area (Å²) < 4.78 is 6.33. The summed E-state index contributed by atoms with van der Waals surface area (Å²) in [5.74, 6) is 1.31. The highest BCUT2D eigenvalue weighted by atomic mass is 16.5. The van der Waals surface area contributed by atoms with E-state index >= 15 is 0 Å². The molecule has 0 radical (unpaired) electrons. The molecule has 0 amide bonds. The lowest BCUT2D eigenvalue weighted by Gasteiger charge is -2.04. The molecule has 96 valence electrons. The second-order valence-electron chi connectivity index (χ2n) is 3.79. The largest absolute Gasteiger partial charge is 0.343 e. The van der Waals surface area contributed by atoms with Gasteiger partial charge in [0.1, 0.15) is 0 Å². The van der Waals surface area contributed by atoms with Gasteiger partial charge in [-0.2, -0.15) is 9.67 Å². The summed E-state index contributed by atoms with van der Waals surface area (Å²) in [6.45, 7) is 1.01. The van der Waals surface area contributed by atoms with Crippen LogP contribution >= 0.6 is 0 Å². The van der Waals surface area contributed by atoms with Crippen molar-refractivity contribution in [2.24, 2.45) is 0 Å². The molecule has 8 heteroatoms. The number of benzene rings is 1. The molecule has 0 saturated carbocycles. The van der Waals surface area contributed by atoms with Crippen LogP contribution in [0.25, 0.3) is 5.69 Å². The molecule has 0 aliphatic carbocycles. The molecule has 0 aliphatic rings. The highest BCUT2D eigenvalue weighted by molar-refractivity contribution is 5.30. The zero-order valence-electron chi connectivity index (χ0n) is 9.97. The summed E-state index contributed by atoms with van der Waals surface area (Å²) in [5, 5.41) is 18.5. The van der Waals surface area contributed by atoms with E-state index in [9.17, 15) is 0 Å². The molecule has 0 atom stereocenters. The highest BCUT2D eigenvalue weighted by Gasteiger charge is 2.07. The van der Waals surface area contributed by atoms with Crippen molar-refractivity contribution in [2.45, 2.75) is 13.1 Å². The van der Waals surface area contributed by atoms with Gasteiger partial charge in [0.15, 0.2) is 11.6 Å². The predicted octanol–water partition coefficient (Wildman–Crippen LogP) is 0.335. The maximum Gasteiger partial charge on any atom is 0.213 e. The topological polar surface area (TPSA) is 94.6 Å². The average molecular weight is 257 g/mol. The molecule has 2 heterocycles. The van der Waals surface area contributed by atoms with Gasteiger partial charge in [0, 0.05) is 0 Å². The SMILES string of the molecule is c1ccc(-n2nnnc2CNCc2ncon2)cc1. The van der Waals surface area contributed by atoms with E-state index in [1.807, 2.05) is 30.3 Å². The van der Waals surface area contributed by atoms with Crippen LogP contribution < -0.4 is 5.32 Å². The van der Waals surface area contributed by atoms with Gasteiger partial charge in [-0.25, -0.2) is 0 Å². The summed E-state index contributed by atoms with van der Waals surface area (Å²) in [5.41, 5.74) is 0.920. The zero-order valence-corrected chi connectivity index (χ0v) is 9.97. The summed E-state index contributed by atoms with van der Waals surface area (Å²) in [6, 6.07) is 9.71. The molecule has 0 saturated heterocycles. The third-order valence-corrected chi connectivity index (χ3v) is 2.51. The average Bonchev–Trinajstić information content (AvgIpc) is 3.11. The monoisotopic (exact) mass is 257 g/mol. The van der Waals surface area contributed by atoms with Crippen LogP contribution in [0.5, 0.6) is 0 Å². The van der Waals surface area contributed by atoms with Gasteiger partial charge in [-0.15, -0.1) is 5.10 Å². The van der Waals surface area contributed by atoms with E-state index in [2.05, 4.69) is 35.5 Å². The maximum absolute atomic E-state index is 4.65. The highest BCUT2D eigenvalue weighted by Crippen LogP contribution is 2.06. The van der Waals surface area contributed by atoms with Gasteiger partial charge in [0.05, 0.1) is 18.8 Å². The molecule has 19 heavy (non-hydrogen) atoms. The molecule has 2 aromatic heterocycles. The molecule has 0 unspecified atom stereocenters. The van der Waals surface area contributed by atoms with Crippen LogP contribution in [-0.2, 0) is 13.1 Å². The standard InChI is InChI=1S/C11H11N7O/c1-2-4-9(5-3-1)18-11(14-16-17-18)7-12-6-10-13-8-19-15-10/h1-5,8,12H,6-7H2. The van der Waals surface area contributed by atoms with E-state index in [0.29, 0.717) is 18.9 Å². The van der Waals surface area contributed by atoms with E-state index in [0.717, 1.165) is 11.5 Å². The number of nitrogens with zero attached hydrogens (tertiary/aromatic N) is 6. The predicted molar refractivity (Wildman–Crippen MR) is 64.0 cm³/mol. The molecule has 3 aromatic rings. The lowest BCUT2D eigenvalue weighted by atomic mass is 10.3. The number of hydrogen-bond acceptors (Lipinski definition) is 7. The first kappa shape index (κ1) is 11.5. The van der Waals surface area contributed by atoms with Crippen LogP contribution in [0, 0.1) is 0 Å². The molecule has 0 aliphatic heterocycles. The van der Waals surface area contributed by atoms with Crippen molar-refractivity contribution < 1.29 is 4.52 Å². The Morgan fingerprint density at radius 3 is 2.84 bits per heavy atom. The van der Waals surface area contributed by atoms with Gasteiger partial charge in [0.2, 0.25) is 6.39 Å². The summed E-state index contributed by atoms with van der Waals surface area (Å²) in [6.07, 6.45) is 1.30. The number of aromatic nitrogens is 6. The van der Waals surface area contributed by atoms with Crippen molar-refractivity contribution in [2.75, 3.05) is 0 Å². The number of nitrogens with one attached hydrogen (secondary N) is 1. The molecule has 0 bridgehead atoms. The van der Waals surface area contributed by atoms with Crippen molar-refractivity contribution in [1.82, 2.24) is 35.7 Å². The van der Waals surface area contributed by atoms with E-state index in [-0.39, 0.29) is 0 Å². The number of rotatable bonds is 5. The molecular weight excluding hydrogens is 246 g/mol. The number of tetrazole rings is 1. The molecule has 1 aromatic carbocycles. The minimum absolute atomic E-state index is 0.498. The minimum atomic E-state index is 0.498. The van der Waals surface area contributed by atoms with Crippen LogP contribution in [-0.4, -0.2) is 30.3 Å². The van der Waals surface area contributed by atoms with Gasteiger partial charge >= 0.3 is 0 Å². The first-order valence-electron chi connectivity index (χ1n) is 5.72. The number of hydrogen-bond donors (Lipinski definition) is 1. The van der Waals surface area contributed by atoms with Gasteiger partial charge in [-0.05, 0) is 22.6 Å². The van der Waals surface area contributed by atoms with Crippen molar-refractivity contribution >= 4 is 0 Å². The van der Waals surface area contributed by atoms with Crippen molar-refractivity contribution in [1.29, 1.82) is 0 Å². The Labute approximate surface area is 108 Å². The van der Waals surface area contributed by atoms with E-state index < -0.39 is 0 Å². The fraction of sp³-hybridized carbons (Fsp3) is 0.182.